The molecule has 3 nitrogen and oxygen atoms in total. The third-order valence-corrected chi connectivity index (χ3v) is 4.31. The van der Waals surface area contributed by atoms with Crippen LogP contribution in [0.1, 0.15) is 37.5 Å². The molecular weight excluding hydrogens is 366 g/mol. The van der Waals surface area contributed by atoms with E-state index in [0.29, 0.717) is 5.75 Å². The Morgan fingerprint density at radius 2 is 1.62 bits per heavy atom. The lowest BCUT2D eigenvalue weighted by Crippen LogP contribution is -2.21. The molecule has 1 amide bonds. The van der Waals surface area contributed by atoms with Gasteiger partial charge in [-0.3, -0.25) is 4.79 Å². The molecule has 0 aliphatic rings. The summed E-state index contributed by atoms with van der Waals surface area (Å²) in [6.45, 7) is 10.4. The lowest BCUT2D eigenvalue weighted by Gasteiger charge is -2.19. The molecular formula is C20H24BrNO2. The van der Waals surface area contributed by atoms with Crippen LogP contribution in [0.4, 0.5) is 5.69 Å². The van der Waals surface area contributed by atoms with Gasteiger partial charge >= 0.3 is 0 Å². The van der Waals surface area contributed by atoms with E-state index >= 15 is 0 Å². The fourth-order valence-corrected chi connectivity index (χ4v) is 3.17. The zero-order valence-corrected chi connectivity index (χ0v) is 16.5. The van der Waals surface area contributed by atoms with Crippen molar-refractivity contribution in [2.75, 3.05) is 11.9 Å². The van der Waals surface area contributed by atoms with Crippen LogP contribution in [0.5, 0.6) is 5.75 Å². The van der Waals surface area contributed by atoms with Gasteiger partial charge in [-0.15, -0.1) is 0 Å². The van der Waals surface area contributed by atoms with Gasteiger partial charge in [-0.25, -0.2) is 0 Å². The van der Waals surface area contributed by atoms with Gasteiger partial charge in [0.2, 0.25) is 0 Å². The van der Waals surface area contributed by atoms with Crippen molar-refractivity contribution in [3.05, 3.63) is 57.6 Å². The van der Waals surface area contributed by atoms with Gasteiger partial charge in [-0.1, -0.05) is 48.8 Å². The molecule has 1 N–H and O–H groups in total. The second-order valence-electron chi connectivity index (χ2n) is 7.03. The maximum Gasteiger partial charge on any atom is 0.262 e. The predicted molar refractivity (Wildman–Crippen MR) is 103 cm³/mol. The van der Waals surface area contributed by atoms with Gasteiger partial charge in [0.25, 0.3) is 5.91 Å². The molecule has 0 aliphatic carbocycles. The van der Waals surface area contributed by atoms with E-state index in [0.717, 1.165) is 21.3 Å². The molecule has 0 aromatic heterocycles. The summed E-state index contributed by atoms with van der Waals surface area (Å²) in [5.41, 5.74) is 4.22. The highest BCUT2D eigenvalue weighted by Crippen LogP contribution is 2.26. The van der Waals surface area contributed by atoms with Crippen molar-refractivity contribution in [2.45, 2.75) is 40.0 Å². The summed E-state index contributed by atoms with van der Waals surface area (Å²) in [5, 5.41) is 2.93. The van der Waals surface area contributed by atoms with Crippen molar-refractivity contribution in [1.29, 1.82) is 0 Å². The lowest BCUT2D eigenvalue weighted by molar-refractivity contribution is -0.118. The fourth-order valence-electron chi connectivity index (χ4n) is 2.48. The van der Waals surface area contributed by atoms with E-state index in [1.54, 1.807) is 0 Å². The van der Waals surface area contributed by atoms with Gasteiger partial charge in [0.1, 0.15) is 5.75 Å². The number of hydrogen-bond donors (Lipinski definition) is 1. The molecule has 0 atom stereocenters. The normalized spacial score (nSPS) is 11.2. The molecule has 4 heteroatoms. The first-order valence-electron chi connectivity index (χ1n) is 7.97. The zero-order valence-electron chi connectivity index (χ0n) is 14.9. The van der Waals surface area contributed by atoms with Gasteiger partial charge in [0, 0.05) is 10.2 Å². The average molecular weight is 390 g/mol. The van der Waals surface area contributed by atoms with Crippen LogP contribution in [-0.2, 0) is 10.2 Å². The summed E-state index contributed by atoms with van der Waals surface area (Å²) < 4.78 is 6.60. The number of anilines is 1. The van der Waals surface area contributed by atoms with Crippen molar-refractivity contribution in [2.24, 2.45) is 0 Å². The van der Waals surface area contributed by atoms with Gasteiger partial charge in [-0.2, -0.15) is 0 Å². The first-order valence-corrected chi connectivity index (χ1v) is 8.76. The van der Waals surface area contributed by atoms with Gasteiger partial charge in [0.15, 0.2) is 6.61 Å². The highest BCUT2D eigenvalue weighted by Gasteiger charge is 2.13. The summed E-state index contributed by atoms with van der Waals surface area (Å²) >= 11 is 3.46. The Hall–Kier alpha value is -1.81. The number of hydrogen-bond acceptors (Lipinski definition) is 2. The van der Waals surface area contributed by atoms with E-state index in [2.05, 4.69) is 42.0 Å². The molecule has 2 aromatic carbocycles. The maximum absolute atomic E-state index is 12.2. The van der Waals surface area contributed by atoms with Gasteiger partial charge in [0.05, 0.1) is 0 Å². The third-order valence-electron chi connectivity index (χ3n) is 3.85. The van der Waals surface area contributed by atoms with Crippen LogP contribution in [0.3, 0.4) is 0 Å². The Bertz CT molecular complexity index is 707. The topological polar surface area (TPSA) is 38.3 Å². The van der Waals surface area contributed by atoms with Crippen LogP contribution in [0.25, 0.3) is 0 Å². The van der Waals surface area contributed by atoms with Crippen LogP contribution in [0, 0.1) is 13.8 Å². The molecule has 0 radical (unpaired) electrons. The number of halogens is 1. The second-order valence-corrected chi connectivity index (χ2v) is 7.94. The molecule has 0 heterocycles. The van der Waals surface area contributed by atoms with Crippen molar-refractivity contribution < 1.29 is 9.53 Å². The molecule has 0 saturated heterocycles. The van der Waals surface area contributed by atoms with Crippen LogP contribution in [0.2, 0.25) is 0 Å². The average Bonchev–Trinajstić information content (AvgIpc) is 2.48. The van der Waals surface area contributed by atoms with E-state index in [9.17, 15) is 4.79 Å². The molecule has 0 spiro atoms. The first kappa shape index (κ1) is 18.5. The molecule has 0 unspecified atom stereocenters. The van der Waals surface area contributed by atoms with Crippen molar-refractivity contribution >= 4 is 27.5 Å². The summed E-state index contributed by atoms with van der Waals surface area (Å²) in [5.74, 6) is 0.533. The SMILES string of the molecule is Cc1cc(Br)cc(C)c1NC(=O)COc1ccc(C(C)(C)C)cc1. The van der Waals surface area contributed by atoms with Crippen molar-refractivity contribution in [3.8, 4) is 5.75 Å². The molecule has 128 valence electrons. The van der Waals surface area contributed by atoms with E-state index < -0.39 is 0 Å². The Morgan fingerprint density at radius 3 is 2.12 bits per heavy atom. The number of carbonyl (C=O) groups excluding carboxylic acids is 1. The first-order chi connectivity index (χ1) is 11.2. The van der Waals surface area contributed by atoms with Crippen LogP contribution in [0.15, 0.2) is 40.9 Å². The second kappa shape index (κ2) is 7.39. The molecule has 0 fully saturated rings. The molecule has 0 saturated carbocycles. The van der Waals surface area contributed by atoms with Crippen LogP contribution >= 0.6 is 15.9 Å². The standard InChI is InChI=1S/C20H24BrNO2/c1-13-10-16(21)11-14(2)19(13)22-18(23)12-24-17-8-6-15(7-9-17)20(3,4)5/h6-11H,12H2,1-5H3,(H,22,23). The largest absolute Gasteiger partial charge is 0.484 e. The minimum atomic E-state index is -0.163. The van der Waals surface area contributed by atoms with Gasteiger partial charge < -0.3 is 10.1 Å². The van der Waals surface area contributed by atoms with Gasteiger partial charge in [-0.05, 0) is 60.2 Å². The molecule has 2 aromatic rings. The Kier molecular flexibility index (Phi) is 5.70. The quantitative estimate of drug-likeness (QED) is 0.761. The molecule has 24 heavy (non-hydrogen) atoms. The van der Waals surface area contributed by atoms with E-state index in [-0.39, 0.29) is 17.9 Å². The molecule has 0 aliphatic heterocycles. The number of ether oxygens (including phenoxy) is 1. The Morgan fingerprint density at radius 1 is 1.08 bits per heavy atom. The van der Waals surface area contributed by atoms with E-state index in [1.807, 2.05) is 50.2 Å². The van der Waals surface area contributed by atoms with E-state index in [4.69, 9.17) is 4.74 Å². The molecule has 0 bridgehead atoms. The van der Waals surface area contributed by atoms with Crippen LogP contribution < -0.4 is 10.1 Å². The maximum atomic E-state index is 12.2. The Labute approximate surface area is 152 Å². The predicted octanol–water partition coefficient (Wildman–Crippen LogP) is 5.38. The summed E-state index contributed by atoms with van der Waals surface area (Å²) in [7, 11) is 0. The highest BCUT2D eigenvalue weighted by molar-refractivity contribution is 9.10. The monoisotopic (exact) mass is 389 g/mol. The van der Waals surface area contributed by atoms with E-state index in [1.165, 1.54) is 5.56 Å². The summed E-state index contributed by atoms with van der Waals surface area (Å²) in [6.07, 6.45) is 0. The highest BCUT2D eigenvalue weighted by atomic mass is 79.9. The summed E-state index contributed by atoms with van der Waals surface area (Å²) in [6, 6.07) is 11.9. The number of carbonyl (C=O) groups is 1. The zero-order chi connectivity index (χ0) is 17.9. The van der Waals surface area contributed by atoms with Crippen molar-refractivity contribution in [3.63, 3.8) is 0 Å². The number of amides is 1. The van der Waals surface area contributed by atoms with Crippen molar-refractivity contribution in [1.82, 2.24) is 0 Å². The number of nitrogens with one attached hydrogen (secondary N) is 1. The minimum absolute atomic E-state index is 0.0101. The number of rotatable bonds is 4. The molecule has 2 rings (SSSR count). The van der Waals surface area contributed by atoms with Crippen LogP contribution in [-0.4, -0.2) is 12.5 Å². The fraction of sp³-hybridized carbons (Fsp3) is 0.350. The number of aryl methyl sites for hydroxylation is 2. The minimum Gasteiger partial charge on any atom is -0.484 e. The Balaban J connectivity index is 1.97. The smallest absolute Gasteiger partial charge is 0.262 e. The number of benzene rings is 2. The third kappa shape index (κ3) is 4.84. The lowest BCUT2D eigenvalue weighted by atomic mass is 9.87. The summed E-state index contributed by atoms with van der Waals surface area (Å²) in [4.78, 5) is 12.2.